The number of hydrogen-bond donors (Lipinski definition) is 0. The van der Waals surface area contributed by atoms with Crippen molar-refractivity contribution < 1.29 is 9.15 Å². The van der Waals surface area contributed by atoms with Crippen LogP contribution in [-0.4, -0.2) is 37.2 Å². The SMILES string of the molecule is c1cc(CCC2CCC3(CC2)CCC(OCCCN2CCCC2)CC3)co1. The number of nitrogens with zero attached hydrogens (tertiary/aromatic N) is 1. The smallest absolute Gasteiger partial charge is 0.0934 e. The Morgan fingerprint density at radius 1 is 1.04 bits per heavy atom. The topological polar surface area (TPSA) is 25.6 Å². The Labute approximate surface area is 165 Å². The molecular weight excluding hydrogens is 334 g/mol. The fourth-order valence-electron chi connectivity index (χ4n) is 5.80. The van der Waals surface area contributed by atoms with E-state index in [4.69, 9.17) is 9.15 Å². The zero-order valence-corrected chi connectivity index (χ0v) is 17.2. The minimum Gasteiger partial charge on any atom is -0.472 e. The van der Waals surface area contributed by atoms with E-state index >= 15 is 0 Å². The van der Waals surface area contributed by atoms with Crippen LogP contribution in [0.15, 0.2) is 23.0 Å². The molecule has 4 rings (SSSR count). The zero-order chi connectivity index (χ0) is 18.4. The van der Waals surface area contributed by atoms with Crippen LogP contribution in [0, 0.1) is 11.3 Å². The number of hydrogen-bond acceptors (Lipinski definition) is 3. The summed E-state index contributed by atoms with van der Waals surface area (Å²) in [5.74, 6) is 0.935. The van der Waals surface area contributed by atoms with Crippen LogP contribution in [0.25, 0.3) is 0 Å². The second-order valence-electron chi connectivity index (χ2n) is 9.59. The van der Waals surface area contributed by atoms with Crippen molar-refractivity contribution in [2.75, 3.05) is 26.2 Å². The standard InChI is InChI=1S/C24H39NO2/c1-2-16-25(15-1)17-3-18-27-23-8-13-24(14-9-23)11-6-21(7-12-24)4-5-22-10-19-26-20-22/h10,19-21,23H,1-9,11-18H2. The van der Waals surface area contributed by atoms with Crippen LogP contribution < -0.4 is 0 Å². The minimum atomic E-state index is 0.549. The number of ether oxygens (including phenoxy) is 1. The normalized spacial score (nSPS) is 32.3. The lowest BCUT2D eigenvalue weighted by Crippen LogP contribution is -2.35. The van der Waals surface area contributed by atoms with Gasteiger partial charge in [0.25, 0.3) is 0 Å². The minimum absolute atomic E-state index is 0.549. The average molecular weight is 374 g/mol. The summed E-state index contributed by atoms with van der Waals surface area (Å²) in [5.41, 5.74) is 2.04. The maximum atomic E-state index is 6.24. The molecule has 1 aliphatic heterocycles. The summed E-state index contributed by atoms with van der Waals surface area (Å²) in [7, 11) is 0. The van der Waals surface area contributed by atoms with Crippen molar-refractivity contribution in [3.8, 4) is 0 Å². The van der Waals surface area contributed by atoms with E-state index in [1.54, 1.807) is 6.26 Å². The van der Waals surface area contributed by atoms with Crippen molar-refractivity contribution in [3.63, 3.8) is 0 Å². The molecule has 1 spiro atoms. The number of furan rings is 1. The third-order valence-electron chi connectivity index (χ3n) is 7.75. The van der Waals surface area contributed by atoms with E-state index in [9.17, 15) is 0 Å². The third kappa shape index (κ3) is 5.60. The van der Waals surface area contributed by atoms with Crippen molar-refractivity contribution in [1.29, 1.82) is 0 Å². The summed E-state index contributed by atoms with van der Waals surface area (Å²) in [5, 5.41) is 0. The molecule has 3 aliphatic rings. The number of rotatable bonds is 8. The molecule has 1 aromatic heterocycles. The van der Waals surface area contributed by atoms with Gasteiger partial charge in [0.15, 0.2) is 0 Å². The summed E-state index contributed by atoms with van der Waals surface area (Å²) in [4.78, 5) is 2.60. The Hall–Kier alpha value is -0.800. The predicted molar refractivity (Wildman–Crippen MR) is 110 cm³/mol. The predicted octanol–water partition coefficient (Wildman–Crippen LogP) is 5.83. The number of likely N-dealkylation sites (tertiary alicyclic amines) is 1. The summed E-state index contributed by atoms with van der Waals surface area (Å²) < 4.78 is 11.4. The molecule has 0 N–H and O–H groups in total. The molecule has 1 aromatic rings. The van der Waals surface area contributed by atoms with E-state index in [0.717, 1.165) is 12.5 Å². The molecule has 0 amide bonds. The monoisotopic (exact) mass is 373 g/mol. The van der Waals surface area contributed by atoms with Crippen molar-refractivity contribution in [2.45, 2.75) is 89.6 Å². The summed E-state index contributed by atoms with van der Waals surface area (Å²) in [6.07, 6.45) is 22.1. The molecule has 1 saturated heterocycles. The molecule has 3 heteroatoms. The lowest BCUT2D eigenvalue weighted by atomic mass is 9.62. The van der Waals surface area contributed by atoms with E-state index in [0.29, 0.717) is 11.5 Å². The zero-order valence-electron chi connectivity index (χ0n) is 17.2. The highest BCUT2D eigenvalue weighted by molar-refractivity contribution is 5.05. The van der Waals surface area contributed by atoms with E-state index < -0.39 is 0 Å². The van der Waals surface area contributed by atoms with E-state index in [2.05, 4.69) is 11.0 Å². The van der Waals surface area contributed by atoms with Gasteiger partial charge in [0.05, 0.1) is 18.6 Å². The van der Waals surface area contributed by atoms with Gasteiger partial charge in [-0.2, -0.15) is 0 Å². The van der Waals surface area contributed by atoms with Gasteiger partial charge >= 0.3 is 0 Å². The van der Waals surface area contributed by atoms with Gasteiger partial charge in [-0.3, -0.25) is 0 Å². The van der Waals surface area contributed by atoms with Crippen LogP contribution in [0.5, 0.6) is 0 Å². The lowest BCUT2D eigenvalue weighted by molar-refractivity contribution is -0.0209. The molecule has 2 heterocycles. The molecule has 3 nitrogen and oxygen atoms in total. The maximum Gasteiger partial charge on any atom is 0.0934 e. The molecule has 152 valence electrons. The Bertz CT molecular complexity index is 517. The first kappa shape index (κ1) is 19.5. The van der Waals surface area contributed by atoms with Crippen LogP contribution >= 0.6 is 0 Å². The van der Waals surface area contributed by atoms with Crippen molar-refractivity contribution in [3.05, 3.63) is 24.2 Å². The highest BCUT2D eigenvalue weighted by atomic mass is 16.5. The summed E-state index contributed by atoms with van der Waals surface area (Å²) in [6, 6.07) is 2.12. The van der Waals surface area contributed by atoms with Gasteiger partial charge in [-0.15, -0.1) is 0 Å². The van der Waals surface area contributed by atoms with E-state index in [-0.39, 0.29) is 0 Å². The highest BCUT2D eigenvalue weighted by Gasteiger charge is 2.38. The molecule has 27 heavy (non-hydrogen) atoms. The first-order chi connectivity index (χ1) is 13.3. The van der Waals surface area contributed by atoms with Crippen LogP contribution in [0.1, 0.15) is 82.6 Å². The molecule has 2 saturated carbocycles. The van der Waals surface area contributed by atoms with E-state index in [1.165, 1.54) is 109 Å². The van der Waals surface area contributed by atoms with Crippen molar-refractivity contribution in [1.82, 2.24) is 4.90 Å². The van der Waals surface area contributed by atoms with Gasteiger partial charge in [-0.1, -0.05) is 0 Å². The fourth-order valence-corrected chi connectivity index (χ4v) is 5.80. The lowest BCUT2D eigenvalue weighted by Gasteiger charge is -2.45. The molecule has 0 aromatic carbocycles. The summed E-state index contributed by atoms with van der Waals surface area (Å²) >= 11 is 0. The second-order valence-corrected chi connectivity index (χ2v) is 9.59. The Morgan fingerprint density at radius 3 is 2.48 bits per heavy atom. The van der Waals surface area contributed by atoms with Crippen LogP contribution in [0.2, 0.25) is 0 Å². The fraction of sp³-hybridized carbons (Fsp3) is 0.833. The van der Waals surface area contributed by atoms with Crippen molar-refractivity contribution in [2.24, 2.45) is 11.3 Å². The molecule has 2 aliphatic carbocycles. The molecule has 0 bridgehead atoms. The Morgan fingerprint density at radius 2 is 1.78 bits per heavy atom. The van der Waals surface area contributed by atoms with Gasteiger partial charge in [0, 0.05) is 13.2 Å². The third-order valence-corrected chi connectivity index (χ3v) is 7.75. The van der Waals surface area contributed by atoms with Gasteiger partial charge < -0.3 is 14.1 Å². The van der Waals surface area contributed by atoms with Gasteiger partial charge in [0.2, 0.25) is 0 Å². The average Bonchev–Trinajstić information content (AvgIpc) is 3.41. The first-order valence-electron chi connectivity index (χ1n) is 11.7. The molecule has 0 radical (unpaired) electrons. The van der Waals surface area contributed by atoms with Crippen LogP contribution in [-0.2, 0) is 11.2 Å². The van der Waals surface area contributed by atoms with Crippen LogP contribution in [0.3, 0.4) is 0 Å². The van der Waals surface area contributed by atoms with Crippen LogP contribution in [0.4, 0.5) is 0 Å². The Kier molecular flexibility index (Phi) is 6.94. The Balaban J connectivity index is 1.09. The summed E-state index contributed by atoms with van der Waals surface area (Å²) in [6.45, 7) is 4.85. The molecular formula is C24H39NO2. The molecule has 0 unspecified atom stereocenters. The maximum absolute atomic E-state index is 6.24. The van der Waals surface area contributed by atoms with Gasteiger partial charge in [0.1, 0.15) is 0 Å². The van der Waals surface area contributed by atoms with E-state index in [1.807, 2.05) is 6.26 Å². The largest absolute Gasteiger partial charge is 0.472 e. The first-order valence-corrected chi connectivity index (χ1v) is 11.7. The van der Waals surface area contributed by atoms with Gasteiger partial charge in [-0.25, -0.2) is 0 Å². The van der Waals surface area contributed by atoms with Gasteiger partial charge in [-0.05, 0) is 120 Å². The second kappa shape index (κ2) is 9.60. The highest BCUT2D eigenvalue weighted by Crippen LogP contribution is 2.50. The quantitative estimate of drug-likeness (QED) is 0.536. The molecule has 3 fully saturated rings. The number of aryl methyl sites for hydroxylation is 1. The molecule has 0 atom stereocenters. The van der Waals surface area contributed by atoms with Crippen molar-refractivity contribution >= 4 is 0 Å².